The predicted molar refractivity (Wildman–Crippen MR) is 130 cm³/mol. The zero-order valence-corrected chi connectivity index (χ0v) is 19.6. The van der Waals surface area contributed by atoms with Crippen LogP contribution in [0.1, 0.15) is 58.8 Å². The van der Waals surface area contributed by atoms with Crippen molar-refractivity contribution in [3.8, 4) is 5.75 Å². The average Bonchev–Trinajstić information content (AvgIpc) is 3.33. The molecule has 4 rings (SSSR count). The lowest BCUT2D eigenvalue weighted by atomic mass is 9.94. The number of carbonyl (C=O) groups is 1. The Morgan fingerprint density at radius 2 is 1.69 bits per heavy atom. The van der Waals surface area contributed by atoms with Crippen LogP contribution in [0.15, 0.2) is 60.7 Å². The van der Waals surface area contributed by atoms with E-state index in [0.29, 0.717) is 35.3 Å². The second kappa shape index (κ2) is 10.4. The molecule has 0 bridgehead atoms. The molecule has 0 atom stereocenters. The minimum Gasteiger partial charge on any atom is -0.488 e. The van der Waals surface area contributed by atoms with Gasteiger partial charge < -0.3 is 15.2 Å². The Kier molecular flexibility index (Phi) is 7.33. The third kappa shape index (κ3) is 5.53. The van der Waals surface area contributed by atoms with Gasteiger partial charge in [0.1, 0.15) is 18.2 Å². The number of esters is 1. The molecule has 0 unspecified atom stereocenters. The average molecular weight is 500 g/mol. The Bertz CT molecular complexity index is 1300. The summed E-state index contributed by atoms with van der Waals surface area (Å²) in [6.07, 6.45) is -2.63. The molecular weight excluding hydrogens is 474 g/mol. The van der Waals surface area contributed by atoms with Crippen LogP contribution in [0.3, 0.4) is 0 Å². The molecule has 0 aromatic heterocycles. The van der Waals surface area contributed by atoms with Crippen molar-refractivity contribution in [1.29, 1.82) is 0 Å². The molecule has 0 saturated heterocycles. The van der Waals surface area contributed by atoms with Crippen molar-refractivity contribution in [2.45, 2.75) is 39.0 Å². The molecule has 0 amide bonds. The van der Waals surface area contributed by atoms with E-state index in [4.69, 9.17) is 15.2 Å². The Labute approximate surface area is 206 Å². The van der Waals surface area contributed by atoms with Gasteiger partial charge in [-0.25, -0.2) is 9.18 Å². The Morgan fingerprint density at radius 3 is 2.39 bits per heavy atom. The monoisotopic (exact) mass is 499 g/mol. The van der Waals surface area contributed by atoms with E-state index in [-0.39, 0.29) is 30.3 Å². The third-order valence-corrected chi connectivity index (χ3v) is 6.05. The smallest absolute Gasteiger partial charge is 0.416 e. The van der Waals surface area contributed by atoms with Gasteiger partial charge in [0, 0.05) is 11.3 Å². The fourth-order valence-electron chi connectivity index (χ4n) is 4.30. The largest absolute Gasteiger partial charge is 0.488 e. The fraction of sp³-hybridized carbons (Fsp3) is 0.250. The normalized spacial score (nSPS) is 13.7. The van der Waals surface area contributed by atoms with E-state index < -0.39 is 17.7 Å². The van der Waals surface area contributed by atoms with Gasteiger partial charge in [-0.2, -0.15) is 13.2 Å². The second-order valence-corrected chi connectivity index (χ2v) is 8.46. The van der Waals surface area contributed by atoms with Crippen LogP contribution in [0.4, 0.5) is 23.2 Å². The van der Waals surface area contributed by atoms with Crippen LogP contribution in [0.25, 0.3) is 11.1 Å². The molecular formula is C28H25F4NO3. The number of nitrogens with two attached hydrogens (primary N) is 1. The van der Waals surface area contributed by atoms with E-state index in [1.165, 1.54) is 18.2 Å². The van der Waals surface area contributed by atoms with E-state index in [1.807, 2.05) is 0 Å². The van der Waals surface area contributed by atoms with Gasteiger partial charge in [0.05, 0.1) is 17.7 Å². The maximum atomic E-state index is 13.6. The van der Waals surface area contributed by atoms with E-state index in [9.17, 15) is 22.4 Å². The summed E-state index contributed by atoms with van der Waals surface area (Å²) >= 11 is 0. The Hall–Kier alpha value is -3.81. The van der Waals surface area contributed by atoms with E-state index in [2.05, 4.69) is 0 Å². The molecule has 0 fully saturated rings. The number of ether oxygens (including phenoxy) is 2. The van der Waals surface area contributed by atoms with Crippen LogP contribution in [0, 0.1) is 5.82 Å². The lowest BCUT2D eigenvalue weighted by Crippen LogP contribution is -2.08. The zero-order valence-electron chi connectivity index (χ0n) is 19.6. The standard InChI is InChI=1S/C28H25F4NO3/c1-2-35-27(34)24-14-18(8-12-25(24)33)21-4-3-5-22(21)23-15-19(28(30,31)32)9-13-26(23)36-16-17-6-10-20(29)11-7-17/h6-15H,2-5,16,33H2,1H3. The van der Waals surface area contributed by atoms with Crippen LogP contribution in [0.5, 0.6) is 5.75 Å². The number of hydrogen-bond donors (Lipinski definition) is 1. The van der Waals surface area contributed by atoms with Crippen molar-refractivity contribution in [1.82, 2.24) is 0 Å². The quantitative estimate of drug-likeness (QED) is 0.211. The Balaban J connectivity index is 1.77. The van der Waals surface area contributed by atoms with Crippen molar-refractivity contribution < 1.29 is 31.8 Å². The number of carbonyl (C=O) groups excluding carboxylic acids is 1. The first-order chi connectivity index (χ1) is 17.2. The number of rotatable bonds is 7. The van der Waals surface area contributed by atoms with Gasteiger partial charge in [-0.05, 0) is 90.9 Å². The van der Waals surface area contributed by atoms with Crippen molar-refractivity contribution >= 4 is 22.8 Å². The third-order valence-electron chi connectivity index (χ3n) is 6.05. The molecule has 1 aliphatic carbocycles. The first-order valence-electron chi connectivity index (χ1n) is 11.5. The molecule has 0 spiro atoms. The maximum Gasteiger partial charge on any atom is 0.416 e. The van der Waals surface area contributed by atoms with Crippen molar-refractivity contribution in [3.05, 3.63) is 94.3 Å². The van der Waals surface area contributed by atoms with Crippen molar-refractivity contribution in [3.63, 3.8) is 0 Å². The summed E-state index contributed by atoms with van der Waals surface area (Å²) in [6.45, 7) is 1.95. The van der Waals surface area contributed by atoms with E-state index >= 15 is 0 Å². The summed E-state index contributed by atoms with van der Waals surface area (Å²) in [4.78, 5) is 12.3. The minimum absolute atomic E-state index is 0.0656. The van der Waals surface area contributed by atoms with Crippen molar-refractivity contribution in [2.75, 3.05) is 12.3 Å². The summed E-state index contributed by atoms with van der Waals surface area (Å²) in [5.41, 5.74) is 8.93. The number of anilines is 1. The van der Waals surface area contributed by atoms with Gasteiger partial charge in [-0.15, -0.1) is 0 Å². The van der Waals surface area contributed by atoms with Gasteiger partial charge in [0.15, 0.2) is 0 Å². The summed E-state index contributed by atoms with van der Waals surface area (Å²) < 4.78 is 65.0. The summed E-state index contributed by atoms with van der Waals surface area (Å²) in [7, 11) is 0. The Morgan fingerprint density at radius 1 is 0.972 bits per heavy atom. The molecule has 0 heterocycles. The molecule has 0 radical (unpaired) electrons. The number of allylic oxidation sites excluding steroid dienone is 2. The molecule has 1 aliphatic rings. The second-order valence-electron chi connectivity index (χ2n) is 8.46. The molecule has 4 nitrogen and oxygen atoms in total. The number of benzene rings is 3. The van der Waals surface area contributed by atoms with Gasteiger partial charge in [-0.1, -0.05) is 18.2 Å². The molecule has 36 heavy (non-hydrogen) atoms. The molecule has 2 N–H and O–H groups in total. The number of nitrogen functional groups attached to an aromatic ring is 1. The van der Waals surface area contributed by atoms with Crippen LogP contribution in [-0.2, 0) is 17.5 Å². The lowest BCUT2D eigenvalue weighted by molar-refractivity contribution is -0.137. The van der Waals surface area contributed by atoms with Gasteiger partial charge >= 0.3 is 12.1 Å². The molecule has 8 heteroatoms. The predicted octanol–water partition coefficient (Wildman–Crippen LogP) is 7.28. The van der Waals surface area contributed by atoms with E-state index in [0.717, 1.165) is 29.7 Å². The van der Waals surface area contributed by atoms with Crippen molar-refractivity contribution in [2.24, 2.45) is 0 Å². The first kappa shape index (κ1) is 25.3. The molecule has 0 aliphatic heterocycles. The highest BCUT2D eigenvalue weighted by molar-refractivity contribution is 5.99. The highest BCUT2D eigenvalue weighted by Gasteiger charge is 2.32. The fourth-order valence-corrected chi connectivity index (χ4v) is 4.30. The van der Waals surface area contributed by atoms with Crippen LogP contribution in [-0.4, -0.2) is 12.6 Å². The van der Waals surface area contributed by atoms with Crippen LogP contribution in [0.2, 0.25) is 0 Å². The topological polar surface area (TPSA) is 61.5 Å². The summed E-state index contributed by atoms with van der Waals surface area (Å²) in [5.74, 6) is -0.650. The minimum atomic E-state index is -4.53. The van der Waals surface area contributed by atoms with Crippen LogP contribution < -0.4 is 10.5 Å². The number of hydrogen-bond acceptors (Lipinski definition) is 4. The highest BCUT2D eigenvalue weighted by Crippen LogP contribution is 2.45. The van der Waals surface area contributed by atoms with Gasteiger partial charge in [0.25, 0.3) is 0 Å². The van der Waals surface area contributed by atoms with Gasteiger partial charge in [-0.3, -0.25) is 0 Å². The van der Waals surface area contributed by atoms with Crippen LogP contribution >= 0.6 is 0 Å². The summed E-state index contributed by atoms with van der Waals surface area (Å²) in [6, 6.07) is 14.1. The summed E-state index contributed by atoms with van der Waals surface area (Å²) in [5, 5.41) is 0. The molecule has 188 valence electrons. The number of halogens is 4. The van der Waals surface area contributed by atoms with E-state index in [1.54, 1.807) is 37.3 Å². The molecule has 3 aromatic rings. The zero-order chi connectivity index (χ0) is 25.9. The maximum absolute atomic E-state index is 13.6. The molecule has 3 aromatic carbocycles. The highest BCUT2D eigenvalue weighted by atomic mass is 19.4. The lowest BCUT2D eigenvalue weighted by Gasteiger charge is -2.17. The first-order valence-corrected chi connectivity index (χ1v) is 11.5. The number of alkyl halides is 3. The SMILES string of the molecule is CCOC(=O)c1cc(C2=C(c3cc(C(F)(F)F)ccc3OCc3ccc(F)cc3)CCC2)ccc1N. The van der Waals surface area contributed by atoms with Gasteiger partial charge in [0.2, 0.25) is 0 Å². The molecule has 0 saturated carbocycles.